The normalized spacial score (nSPS) is 15.0. The van der Waals surface area contributed by atoms with Gasteiger partial charge < -0.3 is 10.2 Å². The van der Waals surface area contributed by atoms with Gasteiger partial charge in [-0.05, 0) is 42.7 Å². The Hall–Kier alpha value is -2.11. The zero-order chi connectivity index (χ0) is 18.1. The van der Waals surface area contributed by atoms with Crippen LogP contribution in [0.4, 0.5) is 4.79 Å². The summed E-state index contributed by atoms with van der Waals surface area (Å²) in [5.74, 6) is 0. The average molecular weight is 386 g/mol. The molecule has 134 valence electrons. The standard InChI is InChI=1S/C20H20ClN3OS/c1-24(12-18-23-16-4-2-3-5-17(16)26-18)19(25)22-13-20(10-11-20)14-6-8-15(21)9-7-14/h2-9H,10-13H2,1H3,(H,22,25). The lowest BCUT2D eigenvalue weighted by Crippen LogP contribution is -2.40. The molecule has 6 heteroatoms. The highest BCUT2D eigenvalue weighted by Gasteiger charge is 2.44. The SMILES string of the molecule is CN(Cc1nc2ccccc2s1)C(=O)NCC1(c2ccc(Cl)cc2)CC1. The maximum Gasteiger partial charge on any atom is 0.317 e. The van der Waals surface area contributed by atoms with Crippen LogP contribution in [-0.2, 0) is 12.0 Å². The van der Waals surface area contributed by atoms with E-state index < -0.39 is 0 Å². The summed E-state index contributed by atoms with van der Waals surface area (Å²) < 4.78 is 1.15. The first-order valence-electron chi connectivity index (χ1n) is 8.65. The fraction of sp³-hybridized carbons (Fsp3) is 0.300. The van der Waals surface area contributed by atoms with E-state index in [9.17, 15) is 4.79 Å². The number of carbonyl (C=O) groups excluding carboxylic acids is 1. The number of nitrogens with one attached hydrogen (secondary N) is 1. The predicted octanol–water partition coefficient (Wildman–Crippen LogP) is 4.82. The molecule has 1 saturated carbocycles. The van der Waals surface area contributed by atoms with Crippen molar-refractivity contribution in [2.45, 2.75) is 24.8 Å². The van der Waals surface area contributed by atoms with E-state index >= 15 is 0 Å². The minimum Gasteiger partial charge on any atom is -0.337 e. The Morgan fingerprint density at radius 3 is 2.65 bits per heavy atom. The number of hydrogen-bond acceptors (Lipinski definition) is 3. The fourth-order valence-corrected chi connectivity index (χ4v) is 4.31. The summed E-state index contributed by atoms with van der Waals surface area (Å²) in [7, 11) is 1.81. The van der Waals surface area contributed by atoms with Gasteiger partial charge in [-0.2, -0.15) is 0 Å². The molecule has 4 rings (SSSR count). The first-order valence-corrected chi connectivity index (χ1v) is 9.85. The molecule has 0 atom stereocenters. The van der Waals surface area contributed by atoms with Crippen LogP contribution >= 0.6 is 22.9 Å². The molecule has 0 spiro atoms. The zero-order valence-electron chi connectivity index (χ0n) is 14.5. The Bertz CT molecular complexity index is 901. The third-order valence-corrected chi connectivity index (χ3v) is 6.22. The Balaban J connectivity index is 1.36. The molecule has 1 aromatic heterocycles. The Morgan fingerprint density at radius 2 is 1.96 bits per heavy atom. The summed E-state index contributed by atoms with van der Waals surface area (Å²) in [6, 6.07) is 15.9. The van der Waals surface area contributed by atoms with E-state index in [1.807, 2.05) is 37.4 Å². The van der Waals surface area contributed by atoms with Gasteiger partial charge in [0.1, 0.15) is 5.01 Å². The predicted molar refractivity (Wildman–Crippen MR) is 107 cm³/mol. The summed E-state index contributed by atoms with van der Waals surface area (Å²) in [6.45, 7) is 1.16. The number of aromatic nitrogens is 1. The molecule has 26 heavy (non-hydrogen) atoms. The molecule has 1 N–H and O–H groups in total. The maximum absolute atomic E-state index is 12.5. The third-order valence-electron chi connectivity index (χ3n) is 4.95. The molecule has 0 unspecified atom stereocenters. The van der Waals surface area contributed by atoms with Crippen LogP contribution in [0.5, 0.6) is 0 Å². The van der Waals surface area contributed by atoms with Gasteiger partial charge in [-0.25, -0.2) is 9.78 Å². The first kappa shape index (κ1) is 17.3. The molecule has 0 aliphatic heterocycles. The number of para-hydroxylation sites is 1. The summed E-state index contributed by atoms with van der Waals surface area (Å²) in [4.78, 5) is 18.8. The highest BCUT2D eigenvalue weighted by Crippen LogP contribution is 2.47. The fourth-order valence-electron chi connectivity index (χ4n) is 3.16. The molecule has 2 aromatic carbocycles. The van der Waals surface area contributed by atoms with Gasteiger partial charge in [-0.15, -0.1) is 11.3 Å². The lowest BCUT2D eigenvalue weighted by molar-refractivity contribution is 0.206. The summed E-state index contributed by atoms with van der Waals surface area (Å²) in [6.07, 6.45) is 2.19. The lowest BCUT2D eigenvalue weighted by atomic mass is 9.96. The van der Waals surface area contributed by atoms with Gasteiger partial charge in [-0.3, -0.25) is 0 Å². The van der Waals surface area contributed by atoms with Crippen LogP contribution in [0, 0.1) is 0 Å². The van der Waals surface area contributed by atoms with Crippen LogP contribution in [0.25, 0.3) is 10.2 Å². The van der Waals surface area contributed by atoms with Crippen LogP contribution < -0.4 is 5.32 Å². The number of nitrogens with zero attached hydrogens (tertiary/aromatic N) is 2. The van der Waals surface area contributed by atoms with Crippen LogP contribution in [0.1, 0.15) is 23.4 Å². The number of thiazole rings is 1. The molecule has 1 fully saturated rings. The van der Waals surface area contributed by atoms with Crippen LogP contribution in [0.3, 0.4) is 0 Å². The molecule has 3 aromatic rings. The van der Waals surface area contributed by atoms with Gasteiger partial charge >= 0.3 is 6.03 Å². The van der Waals surface area contributed by atoms with Crippen molar-refractivity contribution < 1.29 is 4.79 Å². The molecule has 0 saturated heterocycles. The summed E-state index contributed by atoms with van der Waals surface area (Å²) in [5, 5.41) is 4.77. The van der Waals surface area contributed by atoms with Crippen molar-refractivity contribution >= 4 is 39.2 Å². The molecule has 1 heterocycles. The van der Waals surface area contributed by atoms with Gasteiger partial charge in [0.2, 0.25) is 0 Å². The number of rotatable bonds is 5. The van der Waals surface area contributed by atoms with E-state index in [-0.39, 0.29) is 11.4 Å². The van der Waals surface area contributed by atoms with Crippen molar-refractivity contribution in [3.8, 4) is 0 Å². The number of hydrogen-bond donors (Lipinski definition) is 1. The quantitative estimate of drug-likeness (QED) is 0.684. The van der Waals surface area contributed by atoms with Crippen molar-refractivity contribution in [2.24, 2.45) is 0 Å². The lowest BCUT2D eigenvalue weighted by Gasteiger charge is -2.21. The van der Waals surface area contributed by atoms with Gasteiger partial charge in [0.05, 0.1) is 16.8 Å². The van der Waals surface area contributed by atoms with E-state index in [0.29, 0.717) is 13.1 Å². The number of benzene rings is 2. The van der Waals surface area contributed by atoms with E-state index in [1.54, 1.807) is 16.2 Å². The summed E-state index contributed by atoms with van der Waals surface area (Å²) in [5.41, 5.74) is 2.30. The monoisotopic (exact) mass is 385 g/mol. The Morgan fingerprint density at radius 1 is 1.23 bits per heavy atom. The van der Waals surface area contributed by atoms with Crippen LogP contribution in [0.15, 0.2) is 48.5 Å². The van der Waals surface area contributed by atoms with Crippen LogP contribution in [0.2, 0.25) is 5.02 Å². The van der Waals surface area contributed by atoms with Gasteiger partial charge in [0, 0.05) is 24.0 Å². The Labute approximate surface area is 161 Å². The molecular weight excluding hydrogens is 366 g/mol. The minimum absolute atomic E-state index is 0.0653. The number of halogens is 1. The molecule has 1 aliphatic carbocycles. The number of fused-ring (bicyclic) bond motifs is 1. The second-order valence-electron chi connectivity index (χ2n) is 6.88. The third kappa shape index (κ3) is 3.55. The van der Waals surface area contributed by atoms with E-state index in [2.05, 4.69) is 28.5 Å². The topological polar surface area (TPSA) is 45.2 Å². The van der Waals surface area contributed by atoms with E-state index in [4.69, 9.17) is 11.6 Å². The molecule has 0 bridgehead atoms. The smallest absolute Gasteiger partial charge is 0.317 e. The van der Waals surface area contributed by atoms with Crippen molar-refractivity contribution in [3.63, 3.8) is 0 Å². The molecular formula is C20H20ClN3OS. The number of urea groups is 1. The zero-order valence-corrected chi connectivity index (χ0v) is 16.1. The Kier molecular flexibility index (Phi) is 4.59. The minimum atomic E-state index is -0.0653. The van der Waals surface area contributed by atoms with Crippen molar-refractivity contribution in [1.82, 2.24) is 15.2 Å². The summed E-state index contributed by atoms with van der Waals surface area (Å²) >= 11 is 7.61. The molecule has 4 nitrogen and oxygen atoms in total. The maximum atomic E-state index is 12.5. The first-order chi connectivity index (χ1) is 12.6. The van der Waals surface area contributed by atoms with Gasteiger partial charge in [-0.1, -0.05) is 35.9 Å². The second-order valence-corrected chi connectivity index (χ2v) is 8.43. The number of amides is 2. The van der Waals surface area contributed by atoms with E-state index in [0.717, 1.165) is 33.1 Å². The van der Waals surface area contributed by atoms with Crippen molar-refractivity contribution in [1.29, 1.82) is 0 Å². The largest absolute Gasteiger partial charge is 0.337 e. The van der Waals surface area contributed by atoms with Gasteiger partial charge in [0.25, 0.3) is 0 Å². The average Bonchev–Trinajstić information content (AvgIpc) is 3.32. The highest BCUT2D eigenvalue weighted by atomic mass is 35.5. The van der Waals surface area contributed by atoms with Crippen LogP contribution in [-0.4, -0.2) is 29.5 Å². The van der Waals surface area contributed by atoms with E-state index in [1.165, 1.54) is 5.56 Å². The molecule has 0 radical (unpaired) electrons. The van der Waals surface area contributed by atoms with Gasteiger partial charge in [0.15, 0.2) is 0 Å². The second kappa shape index (κ2) is 6.89. The number of carbonyl (C=O) groups is 1. The molecule has 2 amide bonds. The van der Waals surface area contributed by atoms with Crippen molar-refractivity contribution in [2.75, 3.05) is 13.6 Å². The highest BCUT2D eigenvalue weighted by molar-refractivity contribution is 7.18. The molecule has 1 aliphatic rings. The van der Waals surface area contributed by atoms with Crippen molar-refractivity contribution in [3.05, 3.63) is 64.1 Å².